The second-order valence-corrected chi connectivity index (χ2v) is 15.6. The van der Waals surface area contributed by atoms with Gasteiger partial charge in [-0.05, 0) is 54.7 Å². The van der Waals surface area contributed by atoms with Crippen LogP contribution >= 0.6 is 0 Å². The molecule has 21 heteroatoms. The van der Waals surface area contributed by atoms with Crippen molar-refractivity contribution in [2.75, 3.05) is 26.0 Å². The Morgan fingerprint density at radius 2 is 1.34 bits per heavy atom. The lowest BCUT2D eigenvalue weighted by Gasteiger charge is -2.31. The maximum Gasteiger partial charge on any atom is 0.410 e. The Kier molecular flexibility index (Phi) is 20.6. The van der Waals surface area contributed by atoms with Crippen LogP contribution in [0.5, 0.6) is 0 Å². The number of nitrogens with two attached hydrogens (primary N) is 1. The van der Waals surface area contributed by atoms with E-state index in [9.17, 15) is 47.9 Å². The number of anilines is 1. The predicted molar refractivity (Wildman–Crippen MR) is 219 cm³/mol. The summed E-state index contributed by atoms with van der Waals surface area (Å²) in [5, 5.41) is 16.1. The number of primary amides is 1. The highest BCUT2D eigenvalue weighted by Gasteiger charge is 2.35. The number of nitrogens with zero attached hydrogens (tertiary/aromatic N) is 2. The first-order valence-electron chi connectivity index (χ1n) is 20.2. The molecule has 0 unspecified atom stereocenters. The Morgan fingerprint density at radius 1 is 0.754 bits per heavy atom. The third kappa shape index (κ3) is 16.7. The zero-order chi connectivity index (χ0) is 46.0. The van der Waals surface area contributed by atoms with Crippen molar-refractivity contribution in [2.24, 2.45) is 23.5 Å². The van der Waals surface area contributed by atoms with Crippen LogP contribution in [0.1, 0.15) is 92.1 Å². The van der Waals surface area contributed by atoms with Crippen LogP contribution in [0.2, 0.25) is 0 Å². The van der Waals surface area contributed by atoms with Crippen LogP contribution in [0.3, 0.4) is 0 Å². The van der Waals surface area contributed by atoms with Crippen molar-refractivity contribution >= 4 is 65.1 Å². The Labute approximate surface area is 355 Å². The minimum atomic E-state index is -1.12. The quantitative estimate of drug-likeness (QED) is 0.0598. The molecule has 8 N–H and O–H groups in total. The van der Waals surface area contributed by atoms with Gasteiger partial charge in [-0.1, -0.05) is 53.7 Å². The fourth-order valence-corrected chi connectivity index (χ4v) is 6.16. The highest BCUT2D eigenvalue weighted by molar-refractivity contribution is 6.01. The third-order valence-electron chi connectivity index (χ3n) is 9.53. The molecule has 1 aromatic rings. The van der Waals surface area contributed by atoms with Crippen molar-refractivity contribution in [1.29, 1.82) is 0 Å². The normalized spacial score (nSPS) is 14.4. The lowest BCUT2D eigenvalue weighted by atomic mass is 9.99. The molecule has 1 heterocycles. The molecule has 0 aromatic heterocycles. The van der Waals surface area contributed by atoms with Gasteiger partial charge in [0, 0.05) is 52.0 Å². The number of imide groups is 1. The number of ether oxygens (including phenoxy) is 1. The second kappa shape index (κ2) is 24.7. The van der Waals surface area contributed by atoms with E-state index < -0.39 is 83.6 Å². The number of hydrogen-bond donors (Lipinski definition) is 7. The summed E-state index contributed by atoms with van der Waals surface area (Å²) in [4.78, 5) is 131. The molecule has 61 heavy (non-hydrogen) atoms. The predicted octanol–water partition coefficient (Wildman–Crippen LogP) is 0.957. The number of rotatable bonds is 23. The SMILES string of the molecule is CNC(=O)[C@@H](NC(=O)[C@H](C(C)C)N(C)C(=O)OCc1ccc(NC(=O)[C@@H](CCCNC(N)=O)NC(=O)[C@H](NC(=O)CCCC(=O)ON2C(=O)CCC2=O)C(C)C)cc1)C(C)C. The molecule has 1 fully saturated rings. The monoisotopic (exact) mass is 859 g/mol. The Bertz CT molecular complexity index is 1740. The molecular formula is C40H61N9O12. The number of carbonyl (C=O) groups is 10. The summed E-state index contributed by atoms with van der Waals surface area (Å²) < 4.78 is 5.48. The number of hydroxylamine groups is 2. The molecule has 0 radical (unpaired) electrons. The molecule has 0 bridgehead atoms. The smallest absolute Gasteiger partial charge is 0.410 e. The Hall–Kier alpha value is -6.28. The Morgan fingerprint density at radius 3 is 1.89 bits per heavy atom. The van der Waals surface area contributed by atoms with E-state index in [1.807, 2.05) is 0 Å². The van der Waals surface area contributed by atoms with E-state index in [4.69, 9.17) is 15.3 Å². The Balaban J connectivity index is 2.04. The van der Waals surface area contributed by atoms with Gasteiger partial charge in [0.15, 0.2) is 0 Å². The van der Waals surface area contributed by atoms with Gasteiger partial charge in [0.25, 0.3) is 11.8 Å². The lowest BCUT2D eigenvalue weighted by Crippen LogP contribution is -2.56. The van der Waals surface area contributed by atoms with Crippen LogP contribution < -0.4 is 37.6 Å². The van der Waals surface area contributed by atoms with Gasteiger partial charge >= 0.3 is 18.1 Å². The van der Waals surface area contributed by atoms with Crippen LogP contribution in [0.15, 0.2) is 24.3 Å². The third-order valence-corrected chi connectivity index (χ3v) is 9.53. The van der Waals surface area contributed by atoms with Gasteiger partial charge in [-0.2, -0.15) is 0 Å². The number of carbonyl (C=O) groups excluding carboxylic acids is 10. The number of urea groups is 1. The molecule has 0 spiro atoms. The van der Waals surface area contributed by atoms with Crippen LogP contribution in [0.25, 0.3) is 0 Å². The average Bonchev–Trinajstić information content (AvgIpc) is 3.50. The summed E-state index contributed by atoms with van der Waals surface area (Å²) in [5.41, 5.74) is 6.05. The van der Waals surface area contributed by atoms with Crippen LogP contribution in [0.4, 0.5) is 15.3 Å². The van der Waals surface area contributed by atoms with Crippen molar-refractivity contribution in [2.45, 2.75) is 117 Å². The zero-order valence-corrected chi connectivity index (χ0v) is 36.1. The molecule has 0 aliphatic carbocycles. The molecule has 1 aromatic carbocycles. The van der Waals surface area contributed by atoms with Crippen LogP contribution in [-0.2, 0) is 54.5 Å². The van der Waals surface area contributed by atoms with E-state index in [1.54, 1.807) is 65.8 Å². The number of nitrogens with one attached hydrogen (secondary N) is 6. The molecule has 338 valence electrons. The molecular weight excluding hydrogens is 798 g/mol. The fraction of sp³-hybridized carbons (Fsp3) is 0.600. The highest BCUT2D eigenvalue weighted by atomic mass is 16.7. The summed E-state index contributed by atoms with van der Waals surface area (Å²) in [7, 11) is 2.90. The van der Waals surface area contributed by atoms with Crippen molar-refractivity contribution in [3.63, 3.8) is 0 Å². The summed E-state index contributed by atoms with van der Waals surface area (Å²) in [6.07, 6.45) is -1.02. The maximum atomic E-state index is 13.5. The standard InChI is InChI=1S/C40H61N9O12/c1-22(2)32(36(55)42-7)47-38(57)34(24(5)6)48(8)40(59)60-21-25-14-16-26(17-15-25)44-35(54)27(11-10-20-43-39(41)58)45-37(56)33(23(3)4)46-28(50)12-9-13-31(53)61-49-29(51)18-19-30(49)52/h14-17,22-24,27,32-34H,9-13,18-21H2,1-8H3,(H,42,55)(H,44,54)(H,45,56)(H,46,50)(H,47,57)(H3,41,43,58)/t27-,32+,33-,34+/m1/s1. The van der Waals surface area contributed by atoms with Gasteiger partial charge in [-0.3, -0.25) is 38.5 Å². The zero-order valence-electron chi connectivity index (χ0n) is 36.1. The summed E-state index contributed by atoms with van der Waals surface area (Å²) in [5.74, 6) is -5.78. The van der Waals surface area contributed by atoms with E-state index in [1.165, 1.54) is 19.0 Å². The molecule has 2 rings (SSSR count). The van der Waals surface area contributed by atoms with Crippen LogP contribution in [0, 0.1) is 17.8 Å². The van der Waals surface area contributed by atoms with Crippen molar-refractivity contribution < 1.29 is 57.5 Å². The van der Waals surface area contributed by atoms with Gasteiger partial charge in [0.05, 0.1) is 0 Å². The second-order valence-electron chi connectivity index (χ2n) is 15.6. The average molecular weight is 860 g/mol. The molecule has 1 saturated heterocycles. The first-order chi connectivity index (χ1) is 28.7. The van der Waals surface area contributed by atoms with Gasteiger partial charge in [0.1, 0.15) is 30.8 Å². The molecule has 21 nitrogen and oxygen atoms in total. The van der Waals surface area contributed by atoms with Crippen molar-refractivity contribution in [3.05, 3.63) is 29.8 Å². The molecule has 1 aliphatic rings. The molecule has 1 aliphatic heterocycles. The van der Waals surface area contributed by atoms with E-state index in [-0.39, 0.29) is 75.8 Å². The topological polar surface area (TPSA) is 294 Å². The number of hydrogen-bond acceptors (Lipinski definition) is 12. The summed E-state index contributed by atoms with van der Waals surface area (Å²) in [6, 6.07) is 1.62. The molecule has 10 amide bonds. The minimum absolute atomic E-state index is 0.00122. The van der Waals surface area contributed by atoms with Gasteiger partial charge in [0.2, 0.25) is 29.5 Å². The van der Waals surface area contributed by atoms with Crippen LogP contribution in [-0.4, -0.2) is 114 Å². The van der Waals surface area contributed by atoms with Gasteiger partial charge in [-0.15, -0.1) is 5.06 Å². The fourth-order valence-electron chi connectivity index (χ4n) is 6.16. The van der Waals surface area contributed by atoms with E-state index >= 15 is 0 Å². The van der Waals surface area contributed by atoms with Gasteiger partial charge in [-0.25, -0.2) is 14.4 Å². The lowest BCUT2D eigenvalue weighted by molar-refractivity contribution is -0.197. The van der Waals surface area contributed by atoms with E-state index in [0.717, 1.165) is 0 Å². The first-order valence-corrected chi connectivity index (χ1v) is 20.2. The van der Waals surface area contributed by atoms with E-state index in [2.05, 4.69) is 31.9 Å². The highest BCUT2D eigenvalue weighted by Crippen LogP contribution is 2.17. The van der Waals surface area contributed by atoms with Gasteiger partial charge < -0.3 is 47.2 Å². The summed E-state index contributed by atoms with van der Waals surface area (Å²) >= 11 is 0. The number of likely N-dealkylation sites (N-methyl/N-ethyl adjacent to an activating group) is 2. The van der Waals surface area contributed by atoms with Crippen molar-refractivity contribution in [1.82, 2.24) is 36.5 Å². The van der Waals surface area contributed by atoms with E-state index in [0.29, 0.717) is 16.3 Å². The minimum Gasteiger partial charge on any atom is -0.445 e. The molecule has 4 atom stereocenters. The number of amides is 10. The largest absolute Gasteiger partial charge is 0.445 e. The summed E-state index contributed by atoms with van der Waals surface area (Å²) in [6.45, 7) is 10.4. The number of benzene rings is 1. The maximum absolute atomic E-state index is 13.5. The van der Waals surface area contributed by atoms with Crippen molar-refractivity contribution in [3.8, 4) is 0 Å². The first kappa shape index (κ1) is 50.9. The molecule has 0 saturated carbocycles.